The van der Waals surface area contributed by atoms with Gasteiger partial charge in [-0.05, 0) is 41.8 Å². The quantitative estimate of drug-likeness (QED) is 0.550. The number of carbonyl (C=O) groups excluding carboxylic acids is 1. The van der Waals surface area contributed by atoms with Crippen molar-refractivity contribution in [3.8, 4) is 11.5 Å². The van der Waals surface area contributed by atoms with Crippen LogP contribution in [0.15, 0.2) is 47.6 Å². The second kappa shape index (κ2) is 10.5. The third kappa shape index (κ3) is 6.14. The molecule has 1 unspecified atom stereocenters. The Labute approximate surface area is 188 Å². The fourth-order valence-electron chi connectivity index (χ4n) is 3.55. The van der Waals surface area contributed by atoms with E-state index in [4.69, 9.17) is 25.9 Å². The van der Waals surface area contributed by atoms with Gasteiger partial charge in [-0.3, -0.25) is 4.79 Å². The lowest BCUT2D eigenvalue weighted by Gasteiger charge is -2.26. The second-order valence-electron chi connectivity index (χ2n) is 8.04. The van der Waals surface area contributed by atoms with Gasteiger partial charge in [-0.15, -0.1) is 0 Å². The van der Waals surface area contributed by atoms with E-state index in [1.807, 2.05) is 61.2 Å². The normalized spacial score (nSPS) is 15.4. The molecule has 0 N–H and O–H groups in total. The lowest BCUT2D eigenvalue weighted by atomic mass is 10.0. The average molecular weight is 445 g/mol. The van der Waals surface area contributed by atoms with E-state index in [1.165, 1.54) is 0 Å². The van der Waals surface area contributed by atoms with Gasteiger partial charge in [0.1, 0.15) is 0 Å². The van der Waals surface area contributed by atoms with Gasteiger partial charge in [0.15, 0.2) is 17.6 Å². The molecule has 1 heterocycles. The van der Waals surface area contributed by atoms with Crippen LogP contribution in [0.2, 0.25) is 5.02 Å². The Hall–Kier alpha value is -2.73. The van der Waals surface area contributed by atoms with E-state index in [0.29, 0.717) is 42.5 Å². The molecule has 1 aliphatic rings. The highest BCUT2D eigenvalue weighted by Crippen LogP contribution is 2.30. The first-order valence-electron chi connectivity index (χ1n) is 10.4. The first-order chi connectivity index (χ1) is 14.9. The van der Waals surface area contributed by atoms with Crippen LogP contribution in [-0.2, 0) is 16.2 Å². The number of amides is 1. The molecule has 1 atom stereocenters. The highest BCUT2D eigenvalue weighted by atomic mass is 35.5. The molecule has 2 aromatic carbocycles. The fraction of sp³-hybridized carbons (Fsp3) is 0.417. The monoisotopic (exact) mass is 444 g/mol. The van der Waals surface area contributed by atoms with Crippen LogP contribution in [-0.4, -0.2) is 43.4 Å². The van der Waals surface area contributed by atoms with Gasteiger partial charge in [-0.2, -0.15) is 0 Å². The number of oxime groups is 1. The molecule has 6 nitrogen and oxygen atoms in total. The van der Waals surface area contributed by atoms with Crippen LogP contribution in [0.3, 0.4) is 0 Å². The molecular formula is C24H29ClN2O4. The first-order valence-corrected chi connectivity index (χ1v) is 10.7. The molecular weight excluding hydrogens is 416 g/mol. The number of methoxy groups -OCH3 is 2. The van der Waals surface area contributed by atoms with Gasteiger partial charge in [0.25, 0.3) is 0 Å². The van der Waals surface area contributed by atoms with Gasteiger partial charge in [-0.25, -0.2) is 0 Å². The van der Waals surface area contributed by atoms with Crippen molar-refractivity contribution >= 4 is 23.2 Å². The smallest absolute Gasteiger partial charge is 0.223 e. The van der Waals surface area contributed by atoms with Gasteiger partial charge in [0.2, 0.25) is 5.91 Å². The molecule has 0 saturated carbocycles. The lowest BCUT2D eigenvalue weighted by Crippen LogP contribution is -2.37. The van der Waals surface area contributed by atoms with Gasteiger partial charge in [-0.1, -0.05) is 42.7 Å². The molecule has 3 rings (SSSR count). The molecule has 0 fully saturated rings. The topological polar surface area (TPSA) is 60.4 Å². The zero-order valence-electron chi connectivity index (χ0n) is 18.4. The number of carbonyl (C=O) groups is 1. The van der Waals surface area contributed by atoms with Gasteiger partial charge in [0.05, 0.1) is 26.5 Å². The van der Waals surface area contributed by atoms with Crippen molar-refractivity contribution in [3.05, 3.63) is 58.6 Å². The maximum Gasteiger partial charge on any atom is 0.223 e. The number of benzene rings is 2. The number of hydrogen-bond donors (Lipinski definition) is 0. The number of rotatable bonds is 9. The molecule has 2 aromatic rings. The van der Waals surface area contributed by atoms with Gasteiger partial charge < -0.3 is 19.2 Å². The van der Waals surface area contributed by atoms with Gasteiger partial charge >= 0.3 is 0 Å². The Morgan fingerprint density at radius 3 is 2.65 bits per heavy atom. The summed E-state index contributed by atoms with van der Waals surface area (Å²) in [6.45, 7) is 5.02. The van der Waals surface area contributed by atoms with Crippen LogP contribution in [0.4, 0.5) is 0 Å². The summed E-state index contributed by atoms with van der Waals surface area (Å²) in [7, 11) is 3.21. The number of ether oxygens (including phenoxy) is 2. The third-order valence-corrected chi connectivity index (χ3v) is 5.31. The van der Waals surface area contributed by atoms with Crippen LogP contribution in [0.5, 0.6) is 11.5 Å². The van der Waals surface area contributed by atoms with Crippen LogP contribution < -0.4 is 9.47 Å². The van der Waals surface area contributed by atoms with Crippen molar-refractivity contribution < 1.29 is 19.1 Å². The van der Waals surface area contributed by atoms with E-state index >= 15 is 0 Å². The Kier molecular flexibility index (Phi) is 7.80. The lowest BCUT2D eigenvalue weighted by molar-refractivity contribution is -0.134. The molecule has 1 amide bonds. The minimum atomic E-state index is -0.210. The summed E-state index contributed by atoms with van der Waals surface area (Å²) in [6, 6.07) is 13.3. The number of hydrogen-bond acceptors (Lipinski definition) is 5. The van der Waals surface area contributed by atoms with E-state index in [0.717, 1.165) is 16.8 Å². The Balaban J connectivity index is 1.70. The van der Waals surface area contributed by atoms with E-state index < -0.39 is 0 Å². The maximum absolute atomic E-state index is 12.9. The summed E-state index contributed by atoms with van der Waals surface area (Å²) >= 11 is 6.13. The zero-order valence-corrected chi connectivity index (χ0v) is 19.2. The van der Waals surface area contributed by atoms with Crippen LogP contribution in [0.25, 0.3) is 0 Å². The molecule has 0 saturated heterocycles. The van der Waals surface area contributed by atoms with Crippen molar-refractivity contribution in [3.63, 3.8) is 0 Å². The van der Waals surface area contributed by atoms with Crippen molar-refractivity contribution in [1.82, 2.24) is 4.90 Å². The Morgan fingerprint density at radius 1 is 1.19 bits per heavy atom. The largest absolute Gasteiger partial charge is 0.493 e. The molecule has 166 valence electrons. The fourth-order valence-corrected chi connectivity index (χ4v) is 3.76. The minimum absolute atomic E-state index is 0.0955. The standard InChI is InChI=1S/C24H29ClN2O4/c1-16(2)10-24(28)27(14-17-6-5-7-19(25)11-17)15-20-13-21(26-31-20)18-8-9-22(29-3)23(12-18)30-4/h5-9,11-12,16,20H,10,13-15H2,1-4H3. The Morgan fingerprint density at radius 2 is 1.97 bits per heavy atom. The Bertz CT molecular complexity index is 945. The predicted molar refractivity (Wildman–Crippen MR) is 122 cm³/mol. The molecule has 0 aliphatic carbocycles. The summed E-state index contributed by atoms with van der Waals surface area (Å²) in [4.78, 5) is 20.4. The van der Waals surface area contributed by atoms with Crippen LogP contribution in [0, 0.1) is 5.92 Å². The second-order valence-corrected chi connectivity index (χ2v) is 8.48. The van der Waals surface area contributed by atoms with Crippen LogP contribution >= 0.6 is 11.6 Å². The molecule has 1 aliphatic heterocycles. The van der Waals surface area contributed by atoms with Crippen molar-refractivity contribution in [2.75, 3.05) is 20.8 Å². The molecule has 0 aromatic heterocycles. The molecule has 0 radical (unpaired) electrons. The van der Waals surface area contributed by atoms with E-state index in [9.17, 15) is 4.79 Å². The maximum atomic E-state index is 12.9. The summed E-state index contributed by atoms with van der Waals surface area (Å²) in [6.07, 6.45) is 0.881. The van der Waals surface area contributed by atoms with Crippen molar-refractivity contribution in [2.24, 2.45) is 11.1 Å². The summed E-state index contributed by atoms with van der Waals surface area (Å²) in [5.41, 5.74) is 2.73. The van der Waals surface area contributed by atoms with E-state index in [2.05, 4.69) is 5.16 Å². The highest BCUT2D eigenvalue weighted by molar-refractivity contribution is 6.30. The number of nitrogens with zero attached hydrogens (tertiary/aromatic N) is 2. The highest BCUT2D eigenvalue weighted by Gasteiger charge is 2.27. The minimum Gasteiger partial charge on any atom is -0.493 e. The molecule has 0 spiro atoms. The SMILES string of the molecule is COc1ccc(C2=NOC(CN(Cc3cccc(Cl)c3)C(=O)CC(C)C)C2)cc1OC. The summed E-state index contributed by atoms with van der Waals surface area (Å²) < 4.78 is 10.7. The summed E-state index contributed by atoms with van der Waals surface area (Å²) in [5, 5.41) is 4.93. The molecule has 7 heteroatoms. The van der Waals surface area contributed by atoms with Crippen molar-refractivity contribution in [1.29, 1.82) is 0 Å². The number of halogens is 1. The molecule has 31 heavy (non-hydrogen) atoms. The van der Waals surface area contributed by atoms with E-state index in [1.54, 1.807) is 14.2 Å². The zero-order chi connectivity index (χ0) is 22.4. The predicted octanol–water partition coefficient (Wildman–Crippen LogP) is 4.93. The van der Waals surface area contributed by atoms with E-state index in [-0.39, 0.29) is 17.9 Å². The summed E-state index contributed by atoms with van der Waals surface area (Å²) in [5.74, 6) is 1.67. The third-order valence-electron chi connectivity index (χ3n) is 5.07. The van der Waals surface area contributed by atoms with Gasteiger partial charge in [0, 0.05) is 30.0 Å². The average Bonchev–Trinajstić information content (AvgIpc) is 3.21. The van der Waals surface area contributed by atoms with Crippen molar-refractivity contribution in [2.45, 2.75) is 39.3 Å². The van der Waals surface area contributed by atoms with Crippen LogP contribution in [0.1, 0.15) is 37.8 Å². The first kappa shape index (κ1) is 22.9. The molecule has 0 bridgehead atoms.